The number of benzene rings is 1. The molecule has 0 radical (unpaired) electrons. The molecule has 1 aromatic heterocycles. The lowest BCUT2D eigenvalue weighted by molar-refractivity contribution is 0.412. The number of ether oxygens (including phenoxy) is 1. The van der Waals surface area contributed by atoms with Gasteiger partial charge in [0.2, 0.25) is 0 Å². The summed E-state index contributed by atoms with van der Waals surface area (Å²) in [5, 5.41) is 1.56. The van der Waals surface area contributed by atoms with Crippen molar-refractivity contribution in [3.8, 4) is 5.75 Å². The molecule has 1 aromatic carbocycles. The van der Waals surface area contributed by atoms with Crippen LogP contribution in [0.4, 0.5) is 0 Å². The van der Waals surface area contributed by atoms with Gasteiger partial charge in [0, 0.05) is 17.5 Å². The number of hydrogen-bond acceptors (Lipinski definition) is 3. The topological polar surface area (TPSA) is 42.1 Å². The van der Waals surface area contributed by atoms with Crippen LogP contribution in [0.25, 0.3) is 10.9 Å². The molecule has 0 aliphatic heterocycles. The van der Waals surface area contributed by atoms with Crippen LogP contribution in [0.5, 0.6) is 5.75 Å². The van der Waals surface area contributed by atoms with Crippen molar-refractivity contribution in [3.05, 3.63) is 32.0 Å². The standard InChI is InChI=1S/C11H10INO2S/c1-15-10-4-8-6(3-7(10)12)9(14)5-11(13-8)16-2/h3-5H,1-2H3,(H,13,14). The third-order valence-electron chi connectivity index (χ3n) is 2.30. The molecule has 5 heteroatoms. The summed E-state index contributed by atoms with van der Waals surface area (Å²) >= 11 is 3.68. The van der Waals surface area contributed by atoms with Gasteiger partial charge in [0.25, 0.3) is 0 Å². The van der Waals surface area contributed by atoms with Gasteiger partial charge in [-0.25, -0.2) is 0 Å². The lowest BCUT2D eigenvalue weighted by Crippen LogP contribution is -2.03. The minimum atomic E-state index is 0.0404. The molecule has 84 valence electrons. The van der Waals surface area contributed by atoms with Crippen LogP contribution >= 0.6 is 34.4 Å². The predicted molar refractivity (Wildman–Crippen MR) is 75.6 cm³/mol. The normalized spacial score (nSPS) is 10.7. The Labute approximate surface area is 111 Å². The molecule has 1 heterocycles. The summed E-state index contributed by atoms with van der Waals surface area (Å²) < 4.78 is 6.17. The highest BCUT2D eigenvalue weighted by Gasteiger charge is 2.06. The first kappa shape index (κ1) is 11.8. The van der Waals surface area contributed by atoms with Crippen molar-refractivity contribution < 1.29 is 4.74 Å². The maximum absolute atomic E-state index is 11.8. The Morgan fingerprint density at radius 2 is 2.12 bits per heavy atom. The van der Waals surface area contributed by atoms with Gasteiger partial charge in [0.05, 0.1) is 21.2 Å². The third-order valence-corrected chi connectivity index (χ3v) is 3.80. The second-order valence-electron chi connectivity index (χ2n) is 3.23. The molecule has 0 fully saturated rings. The number of aromatic nitrogens is 1. The zero-order valence-corrected chi connectivity index (χ0v) is 11.8. The number of nitrogens with one attached hydrogen (secondary N) is 1. The molecule has 16 heavy (non-hydrogen) atoms. The molecule has 0 aliphatic carbocycles. The van der Waals surface area contributed by atoms with Crippen LogP contribution in [0.15, 0.2) is 28.0 Å². The van der Waals surface area contributed by atoms with Gasteiger partial charge in [0.1, 0.15) is 5.75 Å². The maximum Gasteiger partial charge on any atom is 0.190 e. The molecular weight excluding hydrogens is 337 g/mol. The van der Waals surface area contributed by atoms with Crippen molar-refractivity contribution in [1.82, 2.24) is 4.98 Å². The molecule has 0 amide bonds. The van der Waals surface area contributed by atoms with Crippen molar-refractivity contribution in [2.75, 3.05) is 13.4 Å². The highest BCUT2D eigenvalue weighted by molar-refractivity contribution is 14.1. The van der Waals surface area contributed by atoms with Gasteiger partial charge in [-0.15, -0.1) is 11.8 Å². The first-order valence-electron chi connectivity index (χ1n) is 4.60. The van der Waals surface area contributed by atoms with E-state index in [9.17, 15) is 4.79 Å². The van der Waals surface area contributed by atoms with E-state index in [-0.39, 0.29) is 5.43 Å². The predicted octanol–water partition coefficient (Wildman–Crippen LogP) is 2.86. The van der Waals surface area contributed by atoms with E-state index >= 15 is 0 Å². The SMILES string of the molecule is COc1cc2[nH]c(SC)cc(=O)c2cc1I. The van der Waals surface area contributed by atoms with E-state index in [4.69, 9.17) is 4.74 Å². The summed E-state index contributed by atoms with van der Waals surface area (Å²) in [4.78, 5) is 15.0. The molecule has 0 saturated carbocycles. The van der Waals surface area contributed by atoms with Gasteiger partial charge in [-0.3, -0.25) is 4.79 Å². The Hall–Kier alpha value is -0.690. The Bertz CT molecular complexity index is 594. The number of aromatic amines is 1. The van der Waals surface area contributed by atoms with Crippen LogP contribution in [0, 0.1) is 3.57 Å². The van der Waals surface area contributed by atoms with Gasteiger partial charge < -0.3 is 9.72 Å². The smallest absolute Gasteiger partial charge is 0.190 e. The van der Waals surface area contributed by atoms with E-state index in [2.05, 4.69) is 27.6 Å². The molecule has 2 rings (SSSR count). The van der Waals surface area contributed by atoms with E-state index in [1.165, 1.54) is 11.8 Å². The van der Waals surface area contributed by atoms with Crippen LogP contribution in [-0.4, -0.2) is 18.3 Å². The number of rotatable bonds is 2. The molecule has 3 nitrogen and oxygen atoms in total. The lowest BCUT2D eigenvalue weighted by atomic mass is 10.2. The zero-order chi connectivity index (χ0) is 11.7. The number of methoxy groups -OCH3 is 1. The van der Waals surface area contributed by atoms with E-state index in [1.807, 2.05) is 18.4 Å². The molecule has 0 atom stereocenters. The van der Waals surface area contributed by atoms with Crippen molar-refractivity contribution in [2.24, 2.45) is 0 Å². The van der Waals surface area contributed by atoms with E-state index in [0.29, 0.717) is 5.39 Å². The Balaban J connectivity index is 2.80. The average Bonchev–Trinajstić information content (AvgIpc) is 2.29. The summed E-state index contributed by atoms with van der Waals surface area (Å²) in [5.74, 6) is 0.780. The highest BCUT2D eigenvalue weighted by Crippen LogP contribution is 2.25. The minimum Gasteiger partial charge on any atom is -0.496 e. The summed E-state index contributed by atoms with van der Waals surface area (Å²) in [6, 6.07) is 5.32. The highest BCUT2D eigenvalue weighted by atomic mass is 127. The first-order chi connectivity index (χ1) is 7.65. The number of hydrogen-bond donors (Lipinski definition) is 1. The van der Waals surface area contributed by atoms with Crippen LogP contribution in [-0.2, 0) is 0 Å². The first-order valence-corrected chi connectivity index (χ1v) is 6.90. The van der Waals surface area contributed by atoms with Gasteiger partial charge in [-0.05, 0) is 34.9 Å². The quantitative estimate of drug-likeness (QED) is 0.671. The molecule has 0 aliphatic rings. The molecule has 0 unspecified atom stereocenters. The fourth-order valence-corrected chi connectivity index (χ4v) is 2.62. The van der Waals surface area contributed by atoms with Crippen molar-refractivity contribution in [2.45, 2.75) is 5.03 Å². The van der Waals surface area contributed by atoms with Crippen LogP contribution in [0.3, 0.4) is 0 Å². The van der Waals surface area contributed by atoms with Gasteiger partial charge in [-0.1, -0.05) is 0 Å². The molecule has 1 N–H and O–H groups in total. The lowest BCUT2D eigenvalue weighted by Gasteiger charge is -2.06. The second kappa shape index (κ2) is 4.67. The second-order valence-corrected chi connectivity index (χ2v) is 5.24. The summed E-state index contributed by atoms with van der Waals surface area (Å²) in [6.07, 6.45) is 1.93. The maximum atomic E-state index is 11.8. The van der Waals surface area contributed by atoms with Crippen LogP contribution in [0.1, 0.15) is 0 Å². The molecule has 0 bridgehead atoms. The molecular formula is C11H10INO2S. The molecule has 2 aromatic rings. The summed E-state index contributed by atoms with van der Waals surface area (Å²) in [5.41, 5.74) is 0.854. The van der Waals surface area contributed by atoms with Crippen LogP contribution < -0.4 is 10.2 Å². The monoisotopic (exact) mass is 347 g/mol. The number of H-pyrrole nitrogens is 1. The van der Waals surface area contributed by atoms with Crippen molar-refractivity contribution >= 4 is 45.3 Å². The van der Waals surface area contributed by atoms with Crippen LogP contribution in [0.2, 0.25) is 0 Å². The van der Waals surface area contributed by atoms with E-state index in [1.54, 1.807) is 13.2 Å². The van der Waals surface area contributed by atoms with Crippen molar-refractivity contribution in [1.29, 1.82) is 0 Å². The summed E-state index contributed by atoms with van der Waals surface area (Å²) in [6.45, 7) is 0. The number of fused-ring (bicyclic) bond motifs is 1. The number of pyridine rings is 1. The van der Waals surface area contributed by atoms with E-state index < -0.39 is 0 Å². The van der Waals surface area contributed by atoms with Gasteiger partial charge in [0.15, 0.2) is 5.43 Å². The minimum absolute atomic E-state index is 0.0404. The molecule has 0 spiro atoms. The number of thioether (sulfide) groups is 1. The van der Waals surface area contributed by atoms with E-state index in [0.717, 1.165) is 19.9 Å². The fraction of sp³-hybridized carbons (Fsp3) is 0.182. The fourth-order valence-electron chi connectivity index (χ4n) is 1.49. The number of halogens is 1. The average molecular weight is 347 g/mol. The zero-order valence-electron chi connectivity index (χ0n) is 8.83. The van der Waals surface area contributed by atoms with Crippen molar-refractivity contribution in [3.63, 3.8) is 0 Å². The third kappa shape index (κ3) is 2.06. The summed E-state index contributed by atoms with van der Waals surface area (Å²) in [7, 11) is 1.62. The Kier molecular flexibility index (Phi) is 3.44. The molecule has 0 saturated heterocycles. The van der Waals surface area contributed by atoms with Gasteiger partial charge in [-0.2, -0.15) is 0 Å². The van der Waals surface area contributed by atoms with Gasteiger partial charge >= 0.3 is 0 Å². The Morgan fingerprint density at radius 1 is 1.38 bits per heavy atom. The Morgan fingerprint density at radius 3 is 2.75 bits per heavy atom. The largest absolute Gasteiger partial charge is 0.496 e.